The third-order valence-electron chi connectivity index (χ3n) is 2.87. The number of aliphatic hydroxyl groups is 1. The topological polar surface area (TPSA) is 228 Å². The zero-order chi connectivity index (χ0) is 18.9. The molecule has 0 aliphatic heterocycles. The molecule has 24 heavy (non-hydrogen) atoms. The number of hydrogen-bond donors (Lipinski definition) is 7. The van der Waals surface area contributed by atoms with E-state index < -0.39 is 60.8 Å². The van der Waals surface area contributed by atoms with E-state index in [4.69, 9.17) is 27.4 Å². The minimum atomic E-state index is -1.59. The van der Waals surface area contributed by atoms with Gasteiger partial charge in [0.25, 0.3) is 0 Å². The number of carbonyl (C=O) groups is 5. The number of carboxylic acids is 1. The largest absolute Gasteiger partial charge is 0.480 e. The molecule has 12 nitrogen and oxygen atoms in total. The molecule has 0 bridgehead atoms. The number of nitrogens with two attached hydrogens (primary N) is 3. The molecule has 0 saturated heterocycles. The van der Waals surface area contributed by atoms with E-state index >= 15 is 0 Å². The van der Waals surface area contributed by atoms with Crippen molar-refractivity contribution in [3.63, 3.8) is 0 Å². The van der Waals surface area contributed by atoms with E-state index in [9.17, 15) is 24.0 Å². The Labute approximate surface area is 136 Å². The van der Waals surface area contributed by atoms with Gasteiger partial charge in [0, 0.05) is 6.42 Å². The summed E-state index contributed by atoms with van der Waals surface area (Å²) in [5, 5.41) is 21.8. The first-order valence-electron chi connectivity index (χ1n) is 6.85. The second-order valence-electron chi connectivity index (χ2n) is 4.93. The third kappa shape index (κ3) is 8.05. The van der Waals surface area contributed by atoms with E-state index in [0.29, 0.717) is 0 Å². The van der Waals surface area contributed by atoms with Gasteiger partial charge in [-0.25, -0.2) is 4.79 Å². The van der Waals surface area contributed by atoms with Crippen LogP contribution >= 0.6 is 0 Å². The first-order chi connectivity index (χ1) is 11.1. The Kier molecular flexibility index (Phi) is 8.97. The Morgan fingerprint density at radius 3 is 1.88 bits per heavy atom. The minimum absolute atomic E-state index is 0.228. The highest BCUT2D eigenvalue weighted by molar-refractivity contribution is 5.93. The second kappa shape index (κ2) is 10.1. The lowest BCUT2D eigenvalue weighted by Crippen LogP contribution is -2.55. The average Bonchev–Trinajstić information content (AvgIpc) is 2.46. The zero-order valence-corrected chi connectivity index (χ0v) is 12.7. The molecule has 3 atom stereocenters. The van der Waals surface area contributed by atoms with Gasteiger partial charge in [0.1, 0.15) is 12.1 Å². The SMILES string of the molecule is NC(=O)CC[C@H](NC(=O)[C@@H](N)CC(N)=O)C(=O)N[C@@H](CO)C(=O)O. The second-order valence-corrected chi connectivity index (χ2v) is 4.93. The van der Waals surface area contributed by atoms with E-state index in [1.165, 1.54) is 0 Å². The van der Waals surface area contributed by atoms with Gasteiger partial charge in [-0.1, -0.05) is 0 Å². The van der Waals surface area contributed by atoms with Crippen LogP contribution in [0.3, 0.4) is 0 Å². The van der Waals surface area contributed by atoms with E-state index in [1.54, 1.807) is 0 Å². The molecule has 4 amide bonds. The van der Waals surface area contributed by atoms with Crippen LogP contribution in [0.25, 0.3) is 0 Å². The van der Waals surface area contributed by atoms with Crippen molar-refractivity contribution in [3.8, 4) is 0 Å². The summed E-state index contributed by atoms with van der Waals surface area (Å²) in [7, 11) is 0. The van der Waals surface area contributed by atoms with Crippen LogP contribution in [0.15, 0.2) is 0 Å². The molecule has 136 valence electrons. The quantitative estimate of drug-likeness (QED) is 0.192. The number of carboxylic acid groups (broad SMARTS) is 1. The molecular weight excluding hydrogens is 326 g/mol. The van der Waals surface area contributed by atoms with Crippen LogP contribution in [-0.2, 0) is 24.0 Å². The molecule has 0 unspecified atom stereocenters. The molecule has 0 spiro atoms. The summed E-state index contributed by atoms with van der Waals surface area (Å²) in [5.41, 5.74) is 15.3. The Bertz CT molecular complexity index is 510. The predicted molar refractivity (Wildman–Crippen MR) is 78.8 cm³/mol. The first kappa shape index (κ1) is 21.3. The first-order valence-corrected chi connectivity index (χ1v) is 6.85. The lowest BCUT2D eigenvalue weighted by Gasteiger charge is -2.21. The normalized spacial score (nSPS) is 14.1. The van der Waals surface area contributed by atoms with Gasteiger partial charge in [-0.3, -0.25) is 19.2 Å². The summed E-state index contributed by atoms with van der Waals surface area (Å²) in [5.74, 6) is -4.93. The highest BCUT2D eigenvalue weighted by atomic mass is 16.4. The summed E-state index contributed by atoms with van der Waals surface area (Å²) in [6.07, 6.45) is -0.974. The maximum Gasteiger partial charge on any atom is 0.328 e. The van der Waals surface area contributed by atoms with Gasteiger partial charge in [-0.2, -0.15) is 0 Å². The molecule has 0 aliphatic rings. The van der Waals surface area contributed by atoms with Crippen LogP contribution in [0.1, 0.15) is 19.3 Å². The van der Waals surface area contributed by atoms with Crippen LogP contribution < -0.4 is 27.8 Å². The van der Waals surface area contributed by atoms with Crippen LogP contribution in [0.4, 0.5) is 0 Å². The molecule has 12 heteroatoms. The van der Waals surface area contributed by atoms with Crippen molar-refractivity contribution in [2.24, 2.45) is 17.2 Å². The molecule has 0 aromatic heterocycles. The number of aliphatic carboxylic acids is 1. The van der Waals surface area contributed by atoms with Crippen molar-refractivity contribution in [1.29, 1.82) is 0 Å². The number of rotatable bonds is 11. The predicted octanol–water partition coefficient (Wildman–Crippen LogP) is -4.50. The fourth-order valence-corrected chi connectivity index (χ4v) is 1.60. The summed E-state index contributed by atoms with van der Waals surface area (Å²) >= 11 is 0. The van der Waals surface area contributed by atoms with Gasteiger partial charge in [-0.15, -0.1) is 0 Å². The van der Waals surface area contributed by atoms with Crippen molar-refractivity contribution in [1.82, 2.24) is 10.6 Å². The molecule has 0 rings (SSSR count). The lowest BCUT2D eigenvalue weighted by molar-refractivity contribution is -0.143. The highest BCUT2D eigenvalue weighted by Crippen LogP contribution is 2.00. The summed E-state index contributed by atoms with van der Waals surface area (Å²) in [6, 6.07) is -4.25. The average molecular weight is 347 g/mol. The van der Waals surface area contributed by atoms with Gasteiger partial charge in [0.2, 0.25) is 23.6 Å². The van der Waals surface area contributed by atoms with E-state index in [-0.39, 0.29) is 12.8 Å². The monoisotopic (exact) mass is 347 g/mol. The van der Waals surface area contributed by atoms with E-state index in [2.05, 4.69) is 5.32 Å². The van der Waals surface area contributed by atoms with Crippen molar-refractivity contribution in [2.45, 2.75) is 37.4 Å². The van der Waals surface area contributed by atoms with E-state index in [1.807, 2.05) is 5.32 Å². The molecule has 0 aromatic rings. The summed E-state index contributed by atoms with van der Waals surface area (Å²) < 4.78 is 0. The number of aliphatic hydroxyl groups excluding tert-OH is 1. The Hall–Kier alpha value is -2.73. The maximum atomic E-state index is 12.0. The van der Waals surface area contributed by atoms with Crippen molar-refractivity contribution in [2.75, 3.05) is 6.61 Å². The van der Waals surface area contributed by atoms with Crippen LogP contribution in [0.5, 0.6) is 0 Å². The Balaban J connectivity index is 4.98. The number of nitrogens with one attached hydrogen (secondary N) is 2. The third-order valence-corrected chi connectivity index (χ3v) is 2.87. The zero-order valence-electron chi connectivity index (χ0n) is 12.7. The highest BCUT2D eigenvalue weighted by Gasteiger charge is 2.28. The van der Waals surface area contributed by atoms with Gasteiger partial charge in [-0.05, 0) is 6.42 Å². The standard InChI is InChI=1S/C12H21N5O7/c13-5(3-9(15)20)10(21)16-6(1-2-8(14)19)11(22)17-7(4-18)12(23)24/h5-7,18H,1-4,13H2,(H2,14,19)(H2,15,20)(H,16,21)(H,17,22)(H,23,24)/t5-,6-,7-/m0/s1. The fraction of sp³-hybridized carbons (Fsp3) is 0.583. The number of amides is 4. The van der Waals surface area contributed by atoms with Gasteiger partial charge < -0.3 is 38.0 Å². The number of primary amides is 2. The Morgan fingerprint density at radius 1 is 0.917 bits per heavy atom. The lowest BCUT2D eigenvalue weighted by atomic mass is 10.1. The van der Waals surface area contributed by atoms with Crippen molar-refractivity contribution < 1.29 is 34.2 Å². The van der Waals surface area contributed by atoms with E-state index in [0.717, 1.165) is 0 Å². The molecule has 0 fully saturated rings. The molecule has 0 aliphatic carbocycles. The van der Waals surface area contributed by atoms with Crippen LogP contribution in [0, 0.1) is 0 Å². The minimum Gasteiger partial charge on any atom is -0.480 e. The molecule has 0 aromatic carbocycles. The van der Waals surface area contributed by atoms with Crippen molar-refractivity contribution in [3.05, 3.63) is 0 Å². The summed E-state index contributed by atoms with van der Waals surface area (Å²) in [4.78, 5) is 56.2. The van der Waals surface area contributed by atoms with Gasteiger partial charge in [0.05, 0.1) is 19.1 Å². The molecule has 0 heterocycles. The molecule has 0 saturated carbocycles. The smallest absolute Gasteiger partial charge is 0.328 e. The summed E-state index contributed by atoms with van der Waals surface area (Å²) in [6.45, 7) is -0.876. The Morgan fingerprint density at radius 2 is 1.46 bits per heavy atom. The molecule has 10 N–H and O–H groups in total. The number of carbonyl (C=O) groups excluding carboxylic acids is 4. The van der Waals surface area contributed by atoms with Gasteiger partial charge >= 0.3 is 5.97 Å². The van der Waals surface area contributed by atoms with Gasteiger partial charge in [0.15, 0.2) is 0 Å². The molecular formula is C12H21N5O7. The molecule has 0 radical (unpaired) electrons. The number of hydrogen-bond acceptors (Lipinski definition) is 7. The van der Waals surface area contributed by atoms with Crippen LogP contribution in [-0.4, -0.2) is 64.5 Å². The fourth-order valence-electron chi connectivity index (χ4n) is 1.60. The van der Waals surface area contributed by atoms with Crippen molar-refractivity contribution >= 4 is 29.6 Å². The van der Waals surface area contributed by atoms with Crippen LogP contribution in [0.2, 0.25) is 0 Å². The maximum absolute atomic E-state index is 12.0.